The van der Waals surface area contributed by atoms with E-state index >= 15 is 0 Å². The van der Waals surface area contributed by atoms with Gasteiger partial charge in [-0.3, -0.25) is 4.89 Å². The molecule has 109 valence electrons. The molecular formula is C17H23O3. The Morgan fingerprint density at radius 3 is 2.65 bits per heavy atom. The van der Waals surface area contributed by atoms with E-state index < -0.39 is 5.97 Å². The van der Waals surface area contributed by atoms with E-state index in [9.17, 15) is 4.79 Å². The Bertz CT molecular complexity index is 479. The van der Waals surface area contributed by atoms with Crippen molar-refractivity contribution in [3.63, 3.8) is 0 Å². The Morgan fingerprint density at radius 1 is 1.30 bits per heavy atom. The van der Waals surface area contributed by atoms with E-state index in [1.165, 1.54) is 6.42 Å². The van der Waals surface area contributed by atoms with Crippen LogP contribution in [0.15, 0.2) is 24.3 Å². The molecule has 0 bridgehead atoms. The highest BCUT2D eigenvalue weighted by molar-refractivity contribution is 5.90. The van der Waals surface area contributed by atoms with Crippen molar-refractivity contribution in [2.24, 2.45) is 11.3 Å². The minimum Gasteiger partial charge on any atom is -0.292 e. The van der Waals surface area contributed by atoms with Crippen LogP contribution in [-0.2, 0) is 9.78 Å². The third-order valence-corrected chi connectivity index (χ3v) is 3.75. The third kappa shape index (κ3) is 3.83. The zero-order valence-corrected chi connectivity index (χ0v) is 12.7. The van der Waals surface area contributed by atoms with Crippen LogP contribution in [0.4, 0.5) is 0 Å². The SMILES string of the molecule is Cc1ccccc1C(=O)OO[C]1CC(C)CC(C)(C)C1. The van der Waals surface area contributed by atoms with E-state index in [0.717, 1.165) is 24.5 Å². The molecule has 0 saturated heterocycles. The average Bonchev–Trinajstić information content (AvgIpc) is 2.34. The van der Waals surface area contributed by atoms with Crippen molar-refractivity contribution in [3.8, 4) is 0 Å². The van der Waals surface area contributed by atoms with Gasteiger partial charge in [0.05, 0.1) is 5.56 Å². The average molecular weight is 275 g/mol. The molecule has 1 aliphatic rings. The molecule has 3 nitrogen and oxygen atoms in total. The second-order valence-electron chi connectivity index (χ2n) is 6.66. The first-order chi connectivity index (χ1) is 9.37. The van der Waals surface area contributed by atoms with Crippen molar-refractivity contribution in [3.05, 3.63) is 41.5 Å². The lowest BCUT2D eigenvalue weighted by atomic mass is 9.71. The highest BCUT2D eigenvalue weighted by Crippen LogP contribution is 2.43. The van der Waals surface area contributed by atoms with Gasteiger partial charge >= 0.3 is 5.97 Å². The van der Waals surface area contributed by atoms with Crippen LogP contribution < -0.4 is 0 Å². The first-order valence-electron chi connectivity index (χ1n) is 7.16. The van der Waals surface area contributed by atoms with Gasteiger partial charge in [0.15, 0.2) is 0 Å². The third-order valence-electron chi connectivity index (χ3n) is 3.75. The van der Waals surface area contributed by atoms with E-state index in [1.807, 2.05) is 25.1 Å². The van der Waals surface area contributed by atoms with Crippen molar-refractivity contribution >= 4 is 5.97 Å². The second kappa shape index (κ2) is 5.96. The summed E-state index contributed by atoms with van der Waals surface area (Å²) in [7, 11) is 0. The summed E-state index contributed by atoms with van der Waals surface area (Å²) in [4.78, 5) is 22.3. The first-order valence-corrected chi connectivity index (χ1v) is 7.16. The van der Waals surface area contributed by atoms with Gasteiger partial charge in [-0.1, -0.05) is 39.0 Å². The van der Waals surface area contributed by atoms with Gasteiger partial charge in [-0.25, -0.2) is 4.79 Å². The molecule has 1 saturated carbocycles. The van der Waals surface area contributed by atoms with Crippen LogP contribution in [-0.4, -0.2) is 5.97 Å². The Balaban J connectivity index is 1.92. The van der Waals surface area contributed by atoms with Crippen LogP contribution in [0, 0.1) is 24.4 Å². The Kier molecular flexibility index (Phi) is 4.48. The summed E-state index contributed by atoms with van der Waals surface area (Å²) in [5.41, 5.74) is 1.65. The van der Waals surface area contributed by atoms with E-state index in [1.54, 1.807) is 6.07 Å². The summed E-state index contributed by atoms with van der Waals surface area (Å²) in [6, 6.07) is 7.35. The molecule has 3 heteroatoms. The standard InChI is InChI=1S/C17H23O3/c1-12-9-14(11-17(3,4)10-12)19-20-16(18)15-8-6-5-7-13(15)2/h5-8,12H,9-11H2,1-4H3. The van der Waals surface area contributed by atoms with Gasteiger partial charge in [-0.15, -0.1) is 0 Å². The predicted octanol–water partition coefficient (Wildman–Crippen LogP) is 4.46. The summed E-state index contributed by atoms with van der Waals surface area (Å²) < 4.78 is 0. The molecule has 0 spiro atoms. The monoisotopic (exact) mass is 275 g/mol. The quantitative estimate of drug-likeness (QED) is 0.603. The van der Waals surface area contributed by atoms with Gasteiger partial charge in [0.1, 0.15) is 6.10 Å². The molecule has 0 amide bonds. The van der Waals surface area contributed by atoms with E-state index in [2.05, 4.69) is 20.8 Å². The van der Waals surface area contributed by atoms with Crippen molar-refractivity contribution < 1.29 is 14.6 Å². The molecule has 1 aromatic rings. The molecule has 1 aliphatic carbocycles. The van der Waals surface area contributed by atoms with E-state index in [4.69, 9.17) is 9.78 Å². The Labute approximate surface area is 121 Å². The van der Waals surface area contributed by atoms with E-state index in [0.29, 0.717) is 11.5 Å². The van der Waals surface area contributed by atoms with Crippen LogP contribution in [0.1, 0.15) is 56.0 Å². The van der Waals surface area contributed by atoms with Crippen LogP contribution in [0.2, 0.25) is 0 Å². The molecule has 0 N–H and O–H groups in total. The van der Waals surface area contributed by atoms with Gasteiger partial charge in [-0.2, -0.15) is 4.89 Å². The van der Waals surface area contributed by atoms with E-state index in [-0.39, 0.29) is 5.41 Å². The highest BCUT2D eigenvalue weighted by Gasteiger charge is 2.34. The van der Waals surface area contributed by atoms with Gasteiger partial charge in [0.25, 0.3) is 0 Å². The summed E-state index contributed by atoms with van der Waals surface area (Å²) >= 11 is 0. The smallest absolute Gasteiger partial charge is 0.292 e. The predicted molar refractivity (Wildman–Crippen MR) is 77.7 cm³/mol. The van der Waals surface area contributed by atoms with Gasteiger partial charge in [0.2, 0.25) is 0 Å². The Morgan fingerprint density at radius 2 is 2.00 bits per heavy atom. The zero-order valence-electron chi connectivity index (χ0n) is 12.7. The number of carbonyl (C=O) groups excluding carboxylic acids is 1. The van der Waals surface area contributed by atoms with Crippen molar-refractivity contribution in [2.75, 3.05) is 0 Å². The fourth-order valence-corrected chi connectivity index (χ4v) is 3.09. The number of hydrogen-bond donors (Lipinski definition) is 0. The molecular weight excluding hydrogens is 252 g/mol. The fourth-order valence-electron chi connectivity index (χ4n) is 3.09. The minimum absolute atomic E-state index is 0.210. The van der Waals surface area contributed by atoms with Gasteiger partial charge in [-0.05, 0) is 49.1 Å². The summed E-state index contributed by atoms with van der Waals surface area (Å²) in [6.45, 7) is 8.52. The van der Waals surface area contributed by atoms with Crippen LogP contribution >= 0.6 is 0 Å². The van der Waals surface area contributed by atoms with Crippen LogP contribution in [0.3, 0.4) is 0 Å². The second-order valence-corrected chi connectivity index (χ2v) is 6.66. The summed E-state index contributed by atoms with van der Waals surface area (Å²) in [5, 5.41) is 0. The molecule has 1 fully saturated rings. The lowest BCUT2D eigenvalue weighted by Gasteiger charge is -2.36. The van der Waals surface area contributed by atoms with Crippen molar-refractivity contribution in [2.45, 2.75) is 47.0 Å². The summed E-state index contributed by atoms with van der Waals surface area (Å²) in [6.07, 6.45) is 3.75. The summed E-state index contributed by atoms with van der Waals surface area (Å²) in [5.74, 6) is 0.137. The molecule has 0 aliphatic heterocycles. The maximum absolute atomic E-state index is 12.0. The van der Waals surface area contributed by atoms with Gasteiger partial charge < -0.3 is 0 Å². The number of rotatable bonds is 3. The van der Waals surface area contributed by atoms with Crippen molar-refractivity contribution in [1.29, 1.82) is 0 Å². The number of carbonyl (C=O) groups is 1. The lowest BCUT2D eigenvalue weighted by Crippen LogP contribution is -2.28. The maximum atomic E-state index is 12.0. The Hall–Kier alpha value is -1.35. The molecule has 0 aromatic heterocycles. The molecule has 1 unspecified atom stereocenters. The zero-order chi connectivity index (χ0) is 14.8. The normalized spacial score (nSPS) is 22.5. The number of benzene rings is 1. The highest BCUT2D eigenvalue weighted by atomic mass is 17.2. The van der Waals surface area contributed by atoms with Crippen molar-refractivity contribution in [1.82, 2.24) is 0 Å². The fraction of sp³-hybridized carbons (Fsp3) is 0.529. The van der Waals surface area contributed by atoms with Crippen LogP contribution in [0.25, 0.3) is 0 Å². The molecule has 0 heterocycles. The number of aryl methyl sites for hydroxylation is 1. The lowest BCUT2D eigenvalue weighted by molar-refractivity contribution is -0.245. The molecule has 2 rings (SSSR count). The first kappa shape index (κ1) is 15.0. The van der Waals surface area contributed by atoms with Gasteiger partial charge in [0, 0.05) is 0 Å². The largest absolute Gasteiger partial charge is 0.373 e. The maximum Gasteiger partial charge on any atom is 0.373 e. The van der Waals surface area contributed by atoms with Crippen LogP contribution in [0.5, 0.6) is 0 Å². The molecule has 1 atom stereocenters. The number of hydrogen-bond acceptors (Lipinski definition) is 3. The topological polar surface area (TPSA) is 35.5 Å². The molecule has 20 heavy (non-hydrogen) atoms. The minimum atomic E-state index is -0.424. The molecule has 1 radical (unpaired) electrons. The molecule has 1 aromatic carbocycles.